The predicted octanol–water partition coefficient (Wildman–Crippen LogP) is 1.14. The molecule has 0 aliphatic heterocycles. The van der Waals surface area contributed by atoms with Gasteiger partial charge in [-0.1, -0.05) is 13.3 Å². The van der Waals surface area contributed by atoms with Crippen LogP contribution in [0.3, 0.4) is 0 Å². The Balaban J connectivity index is 3.17. The van der Waals surface area contributed by atoms with Crippen molar-refractivity contribution in [2.75, 3.05) is 0 Å². The van der Waals surface area contributed by atoms with Gasteiger partial charge < -0.3 is 10.8 Å². The van der Waals surface area contributed by atoms with E-state index in [1.54, 1.807) is 0 Å². The Kier molecular flexibility index (Phi) is 3.19. The van der Waals surface area contributed by atoms with Crippen LogP contribution in [-0.2, 0) is 0 Å². The summed E-state index contributed by atoms with van der Waals surface area (Å²) in [7, 11) is 0. The zero-order valence-electron chi connectivity index (χ0n) is 4.52. The third kappa shape index (κ3) is 3.16. The minimum absolute atomic E-state index is 0.558. The van der Waals surface area contributed by atoms with Crippen molar-refractivity contribution in [3.63, 3.8) is 0 Å². The molecule has 0 fully saturated rings. The second-order valence-corrected chi connectivity index (χ2v) is 1.45. The van der Waals surface area contributed by atoms with Gasteiger partial charge in [0, 0.05) is 5.70 Å². The number of rotatable bonds is 2. The fourth-order valence-electron chi connectivity index (χ4n) is 0.353. The Hall–Kier alpha value is -0.660. The summed E-state index contributed by atoms with van der Waals surface area (Å²) in [5.74, 6) is 0. The van der Waals surface area contributed by atoms with Crippen molar-refractivity contribution in [2.24, 2.45) is 5.73 Å². The normalized spacial score (nSPS) is 11.9. The van der Waals surface area contributed by atoms with Crippen LogP contribution < -0.4 is 5.73 Å². The number of nitrogens with two attached hydrogens (primary N) is 1. The molecule has 0 aromatic carbocycles. The van der Waals surface area contributed by atoms with Crippen LogP contribution in [0, 0.1) is 0 Å². The van der Waals surface area contributed by atoms with Crippen LogP contribution in [0.4, 0.5) is 0 Å². The van der Waals surface area contributed by atoms with E-state index in [-0.39, 0.29) is 0 Å². The van der Waals surface area contributed by atoms with Gasteiger partial charge in [-0.3, -0.25) is 0 Å². The molecule has 7 heavy (non-hydrogen) atoms. The average Bonchev–Trinajstić information content (AvgIpc) is 1.68. The van der Waals surface area contributed by atoms with E-state index in [0.717, 1.165) is 19.1 Å². The molecule has 0 bridgehead atoms. The van der Waals surface area contributed by atoms with Gasteiger partial charge in [0.1, 0.15) is 0 Å². The summed E-state index contributed by atoms with van der Waals surface area (Å²) in [5.41, 5.74) is 5.75. The topological polar surface area (TPSA) is 46.2 Å². The fraction of sp³-hybridized carbons (Fsp3) is 0.600. The number of hydrogen-bond acceptors (Lipinski definition) is 2. The van der Waals surface area contributed by atoms with E-state index in [1.165, 1.54) is 0 Å². The first kappa shape index (κ1) is 6.34. The first-order chi connectivity index (χ1) is 3.31. The van der Waals surface area contributed by atoms with Crippen molar-refractivity contribution >= 4 is 0 Å². The van der Waals surface area contributed by atoms with Crippen LogP contribution in [0.5, 0.6) is 0 Å². The molecule has 0 unspecified atom stereocenters. The van der Waals surface area contributed by atoms with Gasteiger partial charge in [-0.25, -0.2) is 0 Å². The lowest BCUT2D eigenvalue weighted by molar-refractivity contribution is 0.463. The van der Waals surface area contributed by atoms with Crippen molar-refractivity contribution < 1.29 is 5.11 Å². The first-order valence-corrected chi connectivity index (χ1v) is 2.40. The lowest BCUT2D eigenvalue weighted by atomic mass is 10.3. The summed E-state index contributed by atoms with van der Waals surface area (Å²) in [4.78, 5) is 0. The minimum Gasteiger partial charge on any atom is -0.514 e. The van der Waals surface area contributed by atoms with Crippen LogP contribution in [0.2, 0.25) is 0 Å². The van der Waals surface area contributed by atoms with E-state index in [1.807, 2.05) is 6.92 Å². The molecular formula is C5H11NO. The van der Waals surface area contributed by atoms with Crippen LogP contribution in [0.1, 0.15) is 19.8 Å². The molecular weight excluding hydrogens is 90.1 g/mol. The predicted molar refractivity (Wildman–Crippen MR) is 29.8 cm³/mol. The van der Waals surface area contributed by atoms with Crippen molar-refractivity contribution in [3.05, 3.63) is 12.0 Å². The second kappa shape index (κ2) is 3.53. The Morgan fingerprint density at radius 3 is 2.57 bits per heavy atom. The zero-order valence-corrected chi connectivity index (χ0v) is 4.52. The molecule has 0 saturated carbocycles. The summed E-state index contributed by atoms with van der Waals surface area (Å²) >= 11 is 0. The summed E-state index contributed by atoms with van der Waals surface area (Å²) in [6, 6.07) is 0. The third-order valence-corrected chi connectivity index (χ3v) is 0.704. The molecule has 0 atom stereocenters. The van der Waals surface area contributed by atoms with E-state index in [0.29, 0.717) is 5.70 Å². The molecule has 3 N–H and O–H groups in total. The van der Waals surface area contributed by atoms with Crippen LogP contribution in [0.15, 0.2) is 12.0 Å². The molecule has 2 heteroatoms. The van der Waals surface area contributed by atoms with Crippen LogP contribution >= 0.6 is 0 Å². The molecule has 0 aromatic rings. The maximum atomic E-state index is 8.18. The highest BCUT2D eigenvalue weighted by Gasteiger charge is 1.82. The lowest BCUT2D eigenvalue weighted by Crippen LogP contribution is -1.94. The van der Waals surface area contributed by atoms with Gasteiger partial charge in [-0.2, -0.15) is 0 Å². The Morgan fingerprint density at radius 1 is 1.86 bits per heavy atom. The minimum atomic E-state index is 0.558. The summed E-state index contributed by atoms with van der Waals surface area (Å²) < 4.78 is 0. The van der Waals surface area contributed by atoms with Gasteiger partial charge in [0.2, 0.25) is 0 Å². The molecule has 0 heterocycles. The number of aliphatic hydroxyl groups is 1. The van der Waals surface area contributed by atoms with Gasteiger partial charge >= 0.3 is 0 Å². The summed E-state index contributed by atoms with van der Waals surface area (Å²) in [6.45, 7) is 2.01. The van der Waals surface area contributed by atoms with E-state index in [9.17, 15) is 0 Å². The molecule has 0 saturated heterocycles. The molecule has 0 radical (unpaired) electrons. The van der Waals surface area contributed by atoms with Gasteiger partial charge in [0.25, 0.3) is 0 Å². The molecule has 0 aliphatic carbocycles. The van der Waals surface area contributed by atoms with Crippen molar-refractivity contribution in [1.82, 2.24) is 0 Å². The largest absolute Gasteiger partial charge is 0.514 e. The number of allylic oxidation sites excluding steroid dienone is 1. The maximum Gasteiger partial charge on any atom is 0.0978 e. The SMILES string of the molecule is CCC/C(N)=C/O. The quantitative estimate of drug-likeness (QED) is 0.512. The van der Waals surface area contributed by atoms with Gasteiger partial charge in [0.05, 0.1) is 6.26 Å². The van der Waals surface area contributed by atoms with Gasteiger partial charge in [-0.05, 0) is 6.42 Å². The molecule has 0 amide bonds. The van der Waals surface area contributed by atoms with Crippen LogP contribution in [-0.4, -0.2) is 5.11 Å². The second-order valence-electron chi connectivity index (χ2n) is 1.45. The molecule has 42 valence electrons. The van der Waals surface area contributed by atoms with Crippen molar-refractivity contribution in [1.29, 1.82) is 0 Å². The molecule has 0 aliphatic rings. The molecule has 0 aromatic heterocycles. The van der Waals surface area contributed by atoms with Crippen molar-refractivity contribution in [2.45, 2.75) is 19.8 Å². The highest BCUT2D eigenvalue weighted by molar-refractivity contribution is 4.88. The first-order valence-electron chi connectivity index (χ1n) is 2.40. The maximum absolute atomic E-state index is 8.18. The highest BCUT2D eigenvalue weighted by Crippen LogP contribution is 1.92. The van der Waals surface area contributed by atoms with Gasteiger partial charge in [0.15, 0.2) is 0 Å². The van der Waals surface area contributed by atoms with Crippen LogP contribution in [0.25, 0.3) is 0 Å². The van der Waals surface area contributed by atoms with E-state index >= 15 is 0 Å². The van der Waals surface area contributed by atoms with E-state index in [2.05, 4.69) is 0 Å². The zero-order chi connectivity index (χ0) is 5.70. The van der Waals surface area contributed by atoms with Crippen molar-refractivity contribution in [3.8, 4) is 0 Å². The van der Waals surface area contributed by atoms with Gasteiger partial charge in [-0.15, -0.1) is 0 Å². The third-order valence-electron chi connectivity index (χ3n) is 0.704. The standard InChI is InChI=1S/C5H11NO/c1-2-3-5(6)4-7/h4,7H,2-3,6H2,1H3/b5-4-. The fourth-order valence-corrected chi connectivity index (χ4v) is 0.353. The average molecular weight is 101 g/mol. The lowest BCUT2D eigenvalue weighted by Gasteiger charge is -1.90. The summed E-state index contributed by atoms with van der Waals surface area (Å²) in [5, 5.41) is 8.18. The Bertz CT molecular complexity index is 68.5. The number of hydrogen-bond donors (Lipinski definition) is 2. The molecule has 2 nitrogen and oxygen atoms in total. The Morgan fingerprint density at radius 2 is 2.43 bits per heavy atom. The number of aliphatic hydroxyl groups excluding tert-OH is 1. The smallest absolute Gasteiger partial charge is 0.0978 e. The molecule has 0 rings (SSSR count). The monoisotopic (exact) mass is 101 g/mol. The summed E-state index contributed by atoms with van der Waals surface area (Å²) in [6.07, 6.45) is 2.73. The van der Waals surface area contributed by atoms with E-state index < -0.39 is 0 Å². The Labute approximate surface area is 43.6 Å². The molecule has 0 spiro atoms. The van der Waals surface area contributed by atoms with E-state index in [4.69, 9.17) is 10.8 Å². The highest BCUT2D eigenvalue weighted by atomic mass is 16.2.